The number of aliphatic hydroxyl groups is 1. The Morgan fingerprint density at radius 3 is 2.48 bits per heavy atom. The van der Waals surface area contributed by atoms with Gasteiger partial charge in [0, 0.05) is 19.1 Å². The first kappa shape index (κ1) is 20.1. The van der Waals surface area contributed by atoms with Crippen LogP contribution in [0.1, 0.15) is 41.0 Å². The van der Waals surface area contributed by atoms with E-state index < -0.39 is 34.6 Å². The maximum atomic E-state index is 13.3. The van der Waals surface area contributed by atoms with Crippen molar-refractivity contribution < 1.29 is 24.2 Å². The fraction of sp³-hybridized carbons (Fsp3) is 0.842. The van der Waals surface area contributed by atoms with E-state index in [1.807, 2.05) is 34.6 Å². The third-order valence-corrected chi connectivity index (χ3v) is 6.43. The van der Waals surface area contributed by atoms with Crippen LogP contribution in [0.3, 0.4) is 0 Å². The lowest BCUT2D eigenvalue weighted by atomic mass is 9.62. The summed E-state index contributed by atoms with van der Waals surface area (Å²) in [6.07, 6.45) is 0.525. The van der Waals surface area contributed by atoms with Crippen LogP contribution in [0.15, 0.2) is 0 Å². The van der Waals surface area contributed by atoms with Gasteiger partial charge in [0.1, 0.15) is 11.6 Å². The Morgan fingerprint density at radius 2 is 1.96 bits per heavy atom. The summed E-state index contributed by atoms with van der Waals surface area (Å²) >= 11 is 0. The molecule has 6 atom stereocenters. The molecule has 8 heteroatoms. The van der Waals surface area contributed by atoms with Gasteiger partial charge in [-0.15, -0.1) is 0 Å². The molecule has 2 bridgehead atoms. The molecule has 3 unspecified atom stereocenters. The van der Waals surface area contributed by atoms with Crippen molar-refractivity contribution in [3.63, 3.8) is 0 Å². The minimum atomic E-state index is -1.05. The molecule has 0 aromatic rings. The predicted octanol–water partition coefficient (Wildman–Crippen LogP) is -0.350. The molecule has 0 aromatic heterocycles. The molecule has 8 nitrogen and oxygen atoms in total. The van der Waals surface area contributed by atoms with Gasteiger partial charge < -0.3 is 25.4 Å². The predicted molar refractivity (Wildman–Crippen MR) is 97.5 cm³/mol. The minimum Gasteiger partial charge on any atom is -0.395 e. The summed E-state index contributed by atoms with van der Waals surface area (Å²) in [6, 6.07) is -0.861. The second kappa shape index (κ2) is 6.17. The van der Waals surface area contributed by atoms with Crippen molar-refractivity contribution in [2.45, 2.75) is 63.8 Å². The van der Waals surface area contributed by atoms with E-state index in [4.69, 9.17) is 4.74 Å². The van der Waals surface area contributed by atoms with E-state index in [-0.39, 0.29) is 36.8 Å². The molecule has 0 saturated carbocycles. The van der Waals surface area contributed by atoms with Crippen molar-refractivity contribution in [3.05, 3.63) is 0 Å². The summed E-state index contributed by atoms with van der Waals surface area (Å²) in [6.45, 7) is 9.26. The Labute approximate surface area is 160 Å². The van der Waals surface area contributed by atoms with Crippen LogP contribution in [0.4, 0.5) is 0 Å². The first-order chi connectivity index (χ1) is 12.4. The van der Waals surface area contributed by atoms with Gasteiger partial charge in [-0.3, -0.25) is 14.4 Å². The summed E-state index contributed by atoms with van der Waals surface area (Å²) in [4.78, 5) is 40.6. The highest BCUT2D eigenvalue weighted by Gasteiger charge is 2.79. The van der Waals surface area contributed by atoms with Crippen molar-refractivity contribution in [2.24, 2.45) is 17.8 Å². The van der Waals surface area contributed by atoms with Crippen LogP contribution in [-0.4, -0.2) is 70.7 Å². The first-order valence-electron chi connectivity index (χ1n) is 9.58. The van der Waals surface area contributed by atoms with E-state index >= 15 is 0 Å². The highest BCUT2D eigenvalue weighted by molar-refractivity contribution is 5.99. The van der Waals surface area contributed by atoms with Crippen molar-refractivity contribution in [1.29, 1.82) is 0 Å². The molecule has 1 spiro atoms. The van der Waals surface area contributed by atoms with Crippen molar-refractivity contribution in [1.82, 2.24) is 15.5 Å². The second-order valence-corrected chi connectivity index (χ2v) is 9.31. The van der Waals surface area contributed by atoms with E-state index in [2.05, 4.69) is 10.6 Å². The molecule has 3 amide bonds. The maximum Gasteiger partial charge on any atom is 0.246 e. The van der Waals surface area contributed by atoms with Crippen LogP contribution in [0.2, 0.25) is 0 Å². The smallest absolute Gasteiger partial charge is 0.246 e. The number of likely N-dealkylation sites (tertiary alicyclic amines) is 1. The van der Waals surface area contributed by atoms with Gasteiger partial charge in [0.15, 0.2) is 0 Å². The lowest BCUT2D eigenvalue weighted by Crippen LogP contribution is -2.58. The summed E-state index contributed by atoms with van der Waals surface area (Å²) < 4.78 is 6.45. The Kier molecular flexibility index (Phi) is 4.59. The number of hydrogen-bond donors (Lipinski definition) is 3. The lowest BCUT2D eigenvalue weighted by molar-refractivity contribution is -0.148. The lowest BCUT2D eigenvalue weighted by Gasteiger charge is -2.36. The zero-order valence-electron chi connectivity index (χ0n) is 17.0. The molecule has 0 radical (unpaired) electrons. The molecule has 152 valence electrons. The summed E-state index contributed by atoms with van der Waals surface area (Å²) in [5.41, 5.74) is -2.33. The SMILES string of the molecule is CNC(=O)[C@H]1[C@H]2C(=O)N(CCO)C(C(=O)NC(C)(C)C)C23CC(C)[C@]1(C)O3. The average molecular weight is 381 g/mol. The van der Waals surface area contributed by atoms with E-state index in [9.17, 15) is 19.5 Å². The minimum absolute atomic E-state index is 0.0165. The van der Waals surface area contributed by atoms with E-state index in [0.29, 0.717) is 6.42 Å². The third kappa shape index (κ3) is 2.68. The number of aliphatic hydroxyl groups excluding tert-OH is 1. The standard InChI is InChI=1S/C19H31N3O5/c1-10-9-19-12(11(14(24)20-6)18(10,5)27-19)16(26)22(7-8-23)13(19)15(25)21-17(2,3)4/h10-13,23H,7-9H2,1-6H3,(H,20,24)(H,21,25)/t10?,11-,12+,13?,18+,19?/m1/s1. The van der Waals surface area contributed by atoms with Crippen molar-refractivity contribution in [3.8, 4) is 0 Å². The van der Waals surface area contributed by atoms with Crippen LogP contribution in [0.5, 0.6) is 0 Å². The van der Waals surface area contributed by atoms with Gasteiger partial charge in [-0.2, -0.15) is 0 Å². The molecule has 3 saturated heterocycles. The molecule has 3 aliphatic rings. The number of amides is 3. The van der Waals surface area contributed by atoms with Gasteiger partial charge in [-0.05, 0) is 40.0 Å². The van der Waals surface area contributed by atoms with Gasteiger partial charge in [-0.25, -0.2) is 0 Å². The number of hydrogen-bond acceptors (Lipinski definition) is 5. The van der Waals surface area contributed by atoms with Crippen molar-refractivity contribution in [2.75, 3.05) is 20.2 Å². The zero-order valence-corrected chi connectivity index (χ0v) is 17.0. The van der Waals surface area contributed by atoms with Crippen LogP contribution < -0.4 is 10.6 Å². The fourth-order valence-corrected chi connectivity index (χ4v) is 5.38. The summed E-state index contributed by atoms with van der Waals surface area (Å²) in [7, 11) is 1.55. The number of fused-ring (bicyclic) bond motifs is 1. The fourth-order valence-electron chi connectivity index (χ4n) is 5.38. The van der Waals surface area contributed by atoms with Gasteiger partial charge in [-0.1, -0.05) is 6.92 Å². The first-order valence-corrected chi connectivity index (χ1v) is 9.58. The summed E-state index contributed by atoms with van der Waals surface area (Å²) in [5, 5.41) is 15.1. The van der Waals surface area contributed by atoms with Crippen LogP contribution >= 0.6 is 0 Å². The van der Waals surface area contributed by atoms with E-state index in [0.717, 1.165) is 0 Å². The van der Waals surface area contributed by atoms with E-state index in [1.54, 1.807) is 7.05 Å². The average Bonchev–Trinajstić information content (AvgIpc) is 3.04. The number of nitrogens with zero attached hydrogens (tertiary/aromatic N) is 1. The van der Waals surface area contributed by atoms with Crippen molar-refractivity contribution >= 4 is 17.7 Å². The van der Waals surface area contributed by atoms with Crippen LogP contribution in [0, 0.1) is 17.8 Å². The normalized spacial score (nSPS) is 40.3. The molecule has 0 aromatic carbocycles. The molecular weight excluding hydrogens is 350 g/mol. The van der Waals surface area contributed by atoms with Crippen LogP contribution in [-0.2, 0) is 19.1 Å². The monoisotopic (exact) mass is 381 g/mol. The van der Waals surface area contributed by atoms with Gasteiger partial charge >= 0.3 is 0 Å². The molecule has 3 rings (SSSR count). The van der Waals surface area contributed by atoms with Gasteiger partial charge in [0.05, 0.1) is 24.0 Å². The molecular formula is C19H31N3O5. The highest BCUT2D eigenvalue weighted by atomic mass is 16.5. The number of carbonyl (C=O) groups excluding carboxylic acids is 3. The largest absolute Gasteiger partial charge is 0.395 e. The summed E-state index contributed by atoms with van der Waals surface area (Å²) in [5.74, 6) is -2.20. The number of rotatable bonds is 4. The molecule has 27 heavy (non-hydrogen) atoms. The number of nitrogens with one attached hydrogen (secondary N) is 2. The van der Waals surface area contributed by atoms with E-state index in [1.165, 1.54) is 4.90 Å². The second-order valence-electron chi connectivity index (χ2n) is 9.31. The quantitative estimate of drug-likeness (QED) is 0.617. The molecule has 0 aliphatic carbocycles. The highest BCUT2D eigenvalue weighted by Crippen LogP contribution is 2.65. The Morgan fingerprint density at radius 1 is 1.33 bits per heavy atom. The Hall–Kier alpha value is -1.67. The zero-order chi connectivity index (χ0) is 20.4. The molecule has 3 aliphatic heterocycles. The number of β-amino-alcohol motifs (C(OH)–C–C–N with tert-alkyl or cyclic N) is 1. The molecule has 3 heterocycles. The molecule has 3 fully saturated rings. The van der Waals surface area contributed by atoms with Gasteiger partial charge in [0.2, 0.25) is 17.7 Å². The van der Waals surface area contributed by atoms with Gasteiger partial charge in [0.25, 0.3) is 0 Å². The molecule has 3 N–H and O–H groups in total. The number of carbonyl (C=O) groups is 3. The number of ether oxygens (including phenoxy) is 1. The maximum absolute atomic E-state index is 13.3. The Bertz CT molecular complexity index is 675. The Balaban J connectivity index is 2.10. The topological polar surface area (TPSA) is 108 Å². The third-order valence-electron chi connectivity index (χ3n) is 6.43. The van der Waals surface area contributed by atoms with Crippen LogP contribution in [0.25, 0.3) is 0 Å².